The molecule has 1 aromatic rings. The lowest BCUT2D eigenvalue weighted by Crippen LogP contribution is -2.24. The maximum Gasteiger partial charge on any atom is 0.147 e. The van der Waals surface area contributed by atoms with Gasteiger partial charge in [-0.2, -0.15) is 5.26 Å². The third-order valence-corrected chi connectivity index (χ3v) is 2.63. The summed E-state index contributed by atoms with van der Waals surface area (Å²) >= 11 is 9.33. The zero-order valence-corrected chi connectivity index (χ0v) is 10.9. The van der Waals surface area contributed by atoms with Gasteiger partial charge in [0.1, 0.15) is 5.82 Å². The van der Waals surface area contributed by atoms with E-state index in [1.165, 1.54) is 0 Å². The van der Waals surface area contributed by atoms with Crippen LogP contribution in [0.1, 0.15) is 6.92 Å². The maximum absolute atomic E-state index is 8.71. The summed E-state index contributed by atoms with van der Waals surface area (Å²) in [5.41, 5.74) is 0. The molecule has 0 spiro atoms. The van der Waals surface area contributed by atoms with Crippen LogP contribution in [0.2, 0.25) is 5.02 Å². The van der Waals surface area contributed by atoms with Crippen LogP contribution in [0.25, 0.3) is 0 Å². The number of pyridine rings is 1. The van der Waals surface area contributed by atoms with Gasteiger partial charge in [0.25, 0.3) is 0 Å². The molecule has 0 N–H and O–H groups in total. The summed E-state index contributed by atoms with van der Waals surface area (Å²) in [5, 5.41) is 9.29. The number of nitriles is 1. The number of nitrogens with zero attached hydrogens (tertiary/aromatic N) is 3. The van der Waals surface area contributed by atoms with Gasteiger partial charge in [-0.3, -0.25) is 0 Å². The Bertz CT molecular complexity index is 389. The van der Waals surface area contributed by atoms with Gasteiger partial charge in [-0.05, 0) is 28.9 Å². The molecular weight excluding hydrogens is 277 g/mol. The van der Waals surface area contributed by atoms with Gasteiger partial charge < -0.3 is 4.90 Å². The number of rotatable bonds is 3. The average molecular weight is 289 g/mol. The third kappa shape index (κ3) is 3.37. The molecule has 15 heavy (non-hydrogen) atoms. The van der Waals surface area contributed by atoms with Gasteiger partial charge in [0.05, 0.1) is 17.0 Å². The fraction of sp³-hybridized carbons (Fsp3) is 0.400. The first-order chi connectivity index (χ1) is 7.04. The van der Waals surface area contributed by atoms with E-state index >= 15 is 0 Å². The van der Waals surface area contributed by atoms with Crippen LogP contribution in [0.5, 0.6) is 0 Å². The standard InChI is InChI=1S/C10H11BrClN3/c1-7(4-13)6-15(2)10-9(12)3-8(11)5-14-10/h3,5,7H,6H2,1-2H3. The Morgan fingerprint density at radius 3 is 2.93 bits per heavy atom. The Morgan fingerprint density at radius 1 is 1.73 bits per heavy atom. The monoisotopic (exact) mass is 287 g/mol. The number of anilines is 1. The summed E-state index contributed by atoms with van der Waals surface area (Å²) in [6, 6.07) is 3.96. The van der Waals surface area contributed by atoms with E-state index in [4.69, 9.17) is 16.9 Å². The number of hydrogen-bond acceptors (Lipinski definition) is 3. The second-order valence-electron chi connectivity index (χ2n) is 3.37. The van der Waals surface area contributed by atoms with Gasteiger partial charge in [-0.1, -0.05) is 11.6 Å². The second kappa shape index (κ2) is 5.34. The van der Waals surface area contributed by atoms with Crippen molar-refractivity contribution in [3.8, 4) is 6.07 Å². The van der Waals surface area contributed by atoms with Crippen LogP contribution in [-0.2, 0) is 0 Å². The molecule has 1 rings (SSSR count). The average Bonchev–Trinajstić information content (AvgIpc) is 2.17. The van der Waals surface area contributed by atoms with Gasteiger partial charge in [0, 0.05) is 24.3 Å². The molecule has 1 atom stereocenters. The first-order valence-corrected chi connectivity index (χ1v) is 5.63. The molecule has 0 radical (unpaired) electrons. The van der Waals surface area contributed by atoms with Crippen LogP contribution >= 0.6 is 27.5 Å². The van der Waals surface area contributed by atoms with Crippen molar-refractivity contribution in [2.75, 3.05) is 18.5 Å². The highest BCUT2D eigenvalue weighted by Gasteiger charge is 2.11. The predicted octanol–water partition coefficient (Wildman–Crippen LogP) is 3.09. The summed E-state index contributed by atoms with van der Waals surface area (Å²) in [6.07, 6.45) is 1.69. The van der Waals surface area contributed by atoms with Crippen LogP contribution in [0, 0.1) is 17.2 Å². The summed E-state index contributed by atoms with van der Waals surface area (Å²) in [4.78, 5) is 6.08. The number of aromatic nitrogens is 1. The van der Waals surface area contributed by atoms with Crippen LogP contribution in [0.4, 0.5) is 5.82 Å². The van der Waals surface area contributed by atoms with Crippen molar-refractivity contribution in [2.45, 2.75) is 6.92 Å². The van der Waals surface area contributed by atoms with Crippen molar-refractivity contribution in [1.29, 1.82) is 5.26 Å². The first kappa shape index (κ1) is 12.3. The summed E-state index contributed by atoms with van der Waals surface area (Å²) in [7, 11) is 1.87. The Hall–Kier alpha value is -0.790. The van der Waals surface area contributed by atoms with E-state index in [1.54, 1.807) is 12.3 Å². The van der Waals surface area contributed by atoms with Crippen LogP contribution in [0.3, 0.4) is 0 Å². The van der Waals surface area contributed by atoms with E-state index in [0.717, 1.165) is 4.47 Å². The van der Waals surface area contributed by atoms with Crippen molar-refractivity contribution in [2.24, 2.45) is 5.92 Å². The minimum absolute atomic E-state index is 0.0449. The van der Waals surface area contributed by atoms with Crippen molar-refractivity contribution in [1.82, 2.24) is 4.98 Å². The SMILES string of the molecule is CC(C#N)CN(C)c1ncc(Br)cc1Cl. The van der Waals surface area contributed by atoms with E-state index in [2.05, 4.69) is 27.0 Å². The van der Waals surface area contributed by atoms with Crippen molar-refractivity contribution >= 4 is 33.3 Å². The lowest BCUT2D eigenvalue weighted by atomic mass is 10.2. The minimum atomic E-state index is -0.0449. The van der Waals surface area contributed by atoms with Gasteiger partial charge in [-0.25, -0.2) is 4.98 Å². The van der Waals surface area contributed by atoms with Crippen LogP contribution < -0.4 is 4.90 Å². The third-order valence-electron chi connectivity index (χ3n) is 1.92. The Balaban J connectivity index is 2.83. The van der Waals surface area contributed by atoms with Crippen LogP contribution in [0.15, 0.2) is 16.7 Å². The predicted molar refractivity (Wildman–Crippen MR) is 65.0 cm³/mol. The molecular formula is C10H11BrClN3. The lowest BCUT2D eigenvalue weighted by molar-refractivity contribution is 0.710. The molecule has 0 bridgehead atoms. The molecule has 0 aromatic carbocycles. The highest BCUT2D eigenvalue weighted by Crippen LogP contribution is 2.25. The smallest absolute Gasteiger partial charge is 0.147 e. The Labute approximate surface area is 103 Å². The van der Waals surface area contributed by atoms with E-state index in [9.17, 15) is 0 Å². The Morgan fingerprint density at radius 2 is 2.40 bits per heavy atom. The van der Waals surface area contributed by atoms with Crippen molar-refractivity contribution in [3.05, 3.63) is 21.8 Å². The van der Waals surface area contributed by atoms with E-state index < -0.39 is 0 Å². The quantitative estimate of drug-likeness (QED) is 0.858. The molecule has 80 valence electrons. The highest BCUT2D eigenvalue weighted by atomic mass is 79.9. The molecule has 1 unspecified atom stereocenters. The van der Waals surface area contributed by atoms with E-state index in [-0.39, 0.29) is 5.92 Å². The molecule has 5 heteroatoms. The molecule has 0 aliphatic rings. The van der Waals surface area contributed by atoms with Crippen molar-refractivity contribution in [3.63, 3.8) is 0 Å². The number of hydrogen-bond donors (Lipinski definition) is 0. The van der Waals surface area contributed by atoms with Crippen LogP contribution in [-0.4, -0.2) is 18.6 Å². The summed E-state index contributed by atoms with van der Waals surface area (Å²) in [5.74, 6) is 0.651. The zero-order valence-electron chi connectivity index (χ0n) is 8.54. The molecule has 1 aromatic heterocycles. The molecule has 0 aliphatic carbocycles. The van der Waals surface area contributed by atoms with E-state index in [0.29, 0.717) is 17.4 Å². The zero-order chi connectivity index (χ0) is 11.4. The van der Waals surface area contributed by atoms with Crippen molar-refractivity contribution < 1.29 is 0 Å². The fourth-order valence-electron chi connectivity index (χ4n) is 1.23. The second-order valence-corrected chi connectivity index (χ2v) is 4.69. The Kier molecular flexibility index (Phi) is 4.37. The molecule has 0 saturated heterocycles. The van der Waals surface area contributed by atoms with Gasteiger partial charge in [-0.15, -0.1) is 0 Å². The molecule has 3 nitrogen and oxygen atoms in total. The van der Waals surface area contributed by atoms with Gasteiger partial charge in [0.2, 0.25) is 0 Å². The molecule has 0 aliphatic heterocycles. The molecule has 1 heterocycles. The van der Waals surface area contributed by atoms with E-state index in [1.807, 2.05) is 18.9 Å². The normalized spacial score (nSPS) is 11.9. The topological polar surface area (TPSA) is 39.9 Å². The molecule has 0 fully saturated rings. The lowest BCUT2D eigenvalue weighted by Gasteiger charge is -2.20. The highest BCUT2D eigenvalue weighted by molar-refractivity contribution is 9.10. The maximum atomic E-state index is 8.71. The first-order valence-electron chi connectivity index (χ1n) is 4.46. The summed E-state index contributed by atoms with van der Waals surface area (Å²) < 4.78 is 0.845. The van der Waals surface area contributed by atoms with Gasteiger partial charge >= 0.3 is 0 Å². The molecule has 0 amide bonds. The van der Waals surface area contributed by atoms with Gasteiger partial charge in [0.15, 0.2) is 0 Å². The summed E-state index contributed by atoms with van der Waals surface area (Å²) in [6.45, 7) is 2.48. The number of halogens is 2. The molecule has 0 saturated carbocycles. The minimum Gasteiger partial charge on any atom is -0.357 e. The fourth-order valence-corrected chi connectivity index (χ4v) is 2.00. The largest absolute Gasteiger partial charge is 0.357 e.